The fraction of sp³-hybridized carbons (Fsp3) is 0.227. The lowest BCUT2D eigenvalue weighted by atomic mass is 9.65. The van der Waals surface area contributed by atoms with Crippen LogP contribution in [-0.2, 0) is 14.4 Å². The van der Waals surface area contributed by atoms with Gasteiger partial charge in [-0.05, 0) is 29.2 Å². The summed E-state index contributed by atoms with van der Waals surface area (Å²) in [4.78, 5) is 37.3. The monoisotopic (exact) mass is 362 g/mol. The van der Waals surface area contributed by atoms with Crippen LogP contribution < -0.4 is 0 Å². The highest BCUT2D eigenvalue weighted by molar-refractivity contribution is 6.23. The van der Waals surface area contributed by atoms with Gasteiger partial charge in [0.2, 0.25) is 0 Å². The first kappa shape index (κ1) is 17.2. The number of benzene rings is 2. The molecule has 4 rings (SSSR count). The molecule has 5 heteroatoms. The maximum atomic E-state index is 13.3. The molecular formula is C22H18O5. The number of Topliss-reactive ketones (excluding diaryl/α,β-unsaturated/α-hetero) is 1. The van der Waals surface area contributed by atoms with Crippen molar-refractivity contribution in [2.45, 2.75) is 6.92 Å². The van der Waals surface area contributed by atoms with E-state index in [1.807, 2.05) is 60.7 Å². The van der Waals surface area contributed by atoms with Crippen molar-refractivity contribution in [1.82, 2.24) is 0 Å². The number of hydrogen-bond donors (Lipinski definition) is 2. The molecule has 2 aromatic rings. The third kappa shape index (κ3) is 2.21. The van der Waals surface area contributed by atoms with E-state index >= 15 is 0 Å². The summed E-state index contributed by atoms with van der Waals surface area (Å²) in [7, 11) is 0. The zero-order valence-electron chi connectivity index (χ0n) is 14.6. The highest BCUT2D eigenvalue weighted by Crippen LogP contribution is 2.65. The smallest absolute Gasteiger partial charge is 0.308 e. The van der Waals surface area contributed by atoms with E-state index < -0.39 is 35.1 Å². The van der Waals surface area contributed by atoms with Crippen molar-refractivity contribution in [2.24, 2.45) is 23.2 Å². The van der Waals surface area contributed by atoms with Crippen molar-refractivity contribution in [3.05, 3.63) is 71.8 Å². The van der Waals surface area contributed by atoms with Gasteiger partial charge < -0.3 is 10.2 Å². The van der Waals surface area contributed by atoms with Gasteiger partial charge in [-0.3, -0.25) is 14.4 Å². The zero-order chi connectivity index (χ0) is 19.3. The van der Waals surface area contributed by atoms with E-state index in [0.717, 1.165) is 11.1 Å². The molecule has 0 spiro atoms. The van der Waals surface area contributed by atoms with Gasteiger partial charge in [0.25, 0.3) is 0 Å². The molecule has 0 amide bonds. The van der Waals surface area contributed by atoms with Crippen molar-refractivity contribution < 1.29 is 24.6 Å². The fourth-order valence-electron chi connectivity index (χ4n) is 4.90. The predicted molar refractivity (Wildman–Crippen MR) is 98.6 cm³/mol. The van der Waals surface area contributed by atoms with E-state index in [9.17, 15) is 24.6 Å². The Morgan fingerprint density at radius 2 is 1.37 bits per heavy atom. The maximum Gasteiger partial charge on any atom is 0.308 e. The molecule has 2 N–H and O–H groups in total. The summed E-state index contributed by atoms with van der Waals surface area (Å²) in [5.41, 5.74) is 1.40. The van der Waals surface area contributed by atoms with Gasteiger partial charge >= 0.3 is 11.9 Å². The van der Waals surface area contributed by atoms with Gasteiger partial charge in [-0.2, -0.15) is 0 Å². The molecule has 2 aliphatic rings. The van der Waals surface area contributed by atoms with Crippen molar-refractivity contribution in [3.8, 4) is 0 Å². The zero-order valence-corrected chi connectivity index (χ0v) is 14.6. The number of carbonyl (C=O) groups is 3. The topological polar surface area (TPSA) is 91.7 Å². The van der Waals surface area contributed by atoms with E-state index in [1.165, 1.54) is 0 Å². The summed E-state index contributed by atoms with van der Waals surface area (Å²) in [6.07, 6.45) is 0. The first-order valence-electron chi connectivity index (χ1n) is 8.74. The van der Waals surface area contributed by atoms with Crippen molar-refractivity contribution in [3.63, 3.8) is 0 Å². The Morgan fingerprint density at radius 3 is 1.85 bits per heavy atom. The minimum Gasteiger partial charge on any atom is -0.481 e. The van der Waals surface area contributed by atoms with Gasteiger partial charge in [-0.15, -0.1) is 0 Å². The minimum absolute atomic E-state index is 0.319. The van der Waals surface area contributed by atoms with Crippen LogP contribution in [0.4, 0.5) is 0 Å². The Kier molecular flexibility index (Phi) is 3.77. The summed E-state index contributed by atoms with van der Waals surface area (Å²) in [5, 5.41) is 19.6. The molecule has 1 fully saturated rings. The Morgan fingerprint density at radius 1 is 0.852 bits per heavy atom. The summed E-state index contributed by atoms with van der Waals surface area (Å²) in [5.74, 6) is -6.35. The second kappa shape index (κ2) is 5.91. The number of fused-ring (bicyclic) bond motifs is 2. The second-order valence-electron chi connectivity index (χ2n) is 7.24. The summed E-state index contributed by atoms with van der Waals surface area (Å²) >= 11 is 0. The highest BCUT2D eigenvalue weighted by atomic mass is 16.4. The molecule has 4 unspecified atom stereocenters. The average Bonchev–Trinajstić information content (AvgIpc) is 3.03. The third-order valence-corrected chi connectivity index (χ3v) is 5.93. The lowest BCUT2D eigenvalue weighted by molar-refractivity contribution is -0.155. The molecule has 4 atom stereocenters. The van der Waals surface area contributed by atoms with Crippen LogP contribution in [0, 0.1) is 23.2 Å². The van der Waals surface area contributed by atoms with E-state index in [4.69, 9.17) is 0 Å². The number of carboxylic acids is 2. The first-order chi connectivity index (χ1) is 12.9. The molecule has 136 valence electrons. The van der Waals surface area contributed by atoms with Crippen molar-refractivity contribution in [1.29, 1.82) is 0 Å². The number of allylic oxidation sites excluding steroid dienone is 2. The summed E-state index contributed by atoms with van der Waals surface area (Å²) in [6, 6.07) is 18.4. The Hall–Kier alpha value is -3.21. The predicted octanol–water partition coefficient (Wildman–Crippen LogP) is 3.22. The molecule has 5 nitrogen and oxygen atoms in total. The van der Waals surface area contributed by atoms with E-state index in [2.05, 4.69) is 0 Å². The minimum atomic E-state index is -1.38. The van der Waals surface area contributed by atoms with Crippen LogP contribution in [0.5, 0.6) is 0 Å². The number of rotatable bonds is 4. The molecule has 0 radical (unpaired) electrons. The van der Waals surface area contributed by atoms with E-state index in [1.54, 1.807) is 6.92 Å². The quantitative estimate of drug-likeness (QED) is 0.871. The van der Waals surface area contributed by atoms with Gasteiger partial charge in [0.1, 0.15) is 0 Å². The lowest BCUT2D eigenvalue weighted by Gasteiger charge is -2.35. The molecule has 2 aromatic carbocycles. The van der Waals surface area contributed by atoms with Gasteiger partial charge in [0.05, 0.1) is 23.2 Å². The largest absolute Gasteiger partial charge is 0.481 e. The van der Waals surface area contributed by atoms with E-state index in [-0.39, 0.29) is 5.78 Å². The van der Waals surface area contributed by atoms with Crippen LogP contribution in [0.3, 0.4) is 0 Å². The molecule has 1 saturated carbocycles. The van der Waals surface area contributed by atoms with Gasteiger partial charge in [0.15, 0.2) is 5.78 Å². The standard InChI is InChI=1S/C22H18O5/c1-22-17(13-10-6-3-7-11-13)14(12-8-4-2-5-9-12)15(19(22)23)16(20(24)25)18(22)21(26)27/h2-11,15-16,18H,1H3,(H,24,25)(H,26,27). The lowest BCUT2D eigenvalue weighted by Crippen LogP contribution is -2.40. The molecular weight excluding hydrogens is 344 g/mol. The van der Waals surface area contributed by atoms with Crippen LogP contribution in [0.1, 0.15) is 18.1 Å². The number of carbonyl (C=O) groups excluding carboxylic acids is 1. The average molecular weight is 362 g/mol. The summed E-state index contributed by atoms with van der Waals surface area (Å²) < 4.78 is 0. The Balaban J connectivity index is 2.08. The SMILES string of the molecule is CC12C(=O)C(C(c3ccccc3)=C1c1ccccc1)C(C(=O)O)C2C(=O)O. The normalized spacial score (nSPS) is 29.2. The first-order valence-corrected chi connectivity index (χ1v) is 8.74. The van der Waals surface area contributed by atoms with E-state index in [0.29, 0.717) is 11.1 Å². The van der Waals surface area contributed by atoms with Crippen molar-refractivity contribution >= 4 is 28.9 Å². The molecule has 2 aliphatic carbocycles. The summed E-state index contributed by atoms with van der Waals surface area (Å²) in [6.45, 7) is 1.59. The van der Waals surface area contributed by atoms with Crippen molar-refractivity contribution in [2.75, 3.05) is 0 Å². The van der Waals surface area contributed by atoms with Crippen LogP contribution in [-0.4, -0.2) is 27.9 Å². The number of hydrogen-bond acceptors (Lipinski definition) is 3. The molecule has 0 heterocycles. The van der Waals surface area contributed by atoms with Crippen LogP contribution >= 0.6 is 0 Å². The molecule has 27 heavy (non-hydrogen) atoms. The second-order valence-corrected chi connectivity index (χ2v) is 7.24. The van der Waals surface area contributed by atoms with Crippen LogP contribution in [0.15, 0.2) is 60.7 Å². The van der Waals surface area contributed by atoms with Gasteiger partial charge in [-0.25, -0.2) is 0 Å². The highest BCUT2D eigenvalue weighted by Gasteiger charge is 2.70. The maximum absolute atomic E-state index is 13.3. The fourth-order valence-corrected chi connectivity index (χ4v) is 4.90. The van der Waals surface area contributed by atoms with Crippen LogP contribution in [0.2, 0.25) is 0 Å². The van der Waals surface area contributed by atoms with Crippen LogP contribution in [0.25, 0.3) is 11.1 Å². The molecule has 0 aliphatic heterocycles. The number of ketones is 1. The number of aliphatic carboxylic acids is 2. The Bertz CT molecular complexity index is 976. The molecule has 0 aromatic heterocycles. The van der Waals surface area contributed by atoms with Gasteiger partial charge in [0, 0.05) is 0 Å². The van der Waals surface area contributed by atoms with Gasteiger partial charge in [-0.1, -0.05) is 60.7 Å². The number of carboxylic acid groups (broad SMARTS) is 2. The molecule has 0 saturated heterocycles. The Labute approximate surface area is 156 Å². The third-order valence-electron chi connectivity index (χ3n) is 5.93. The molecule has 2 bridgehead atoms.